The third kappa shape index (κ3) is 3.93. The molecule has 0 spiro atoms. The molecule has 0 aliphatic carbocycles. The van der Waals surface area contributed by atoms with Crippen LogP contribution in [0.15, 0.2) is 29.3 Å². The first-order valence-corrected chi connectivity index (χ1v) is 9.86. The highest BCUT2D eigenvalue weighted by molar-refractivity contribution is 7.89. The summed E-state index contributed by atoms with van der Waals surface area (Å²) in [6.45, 7) is 2.00. The lowest BCUT2D eigenvalue weighted by molar-refractivity contribution is 0.0730. The fourth-order valence-corrected chi connectivity index (χ4v) is 4.28. The predicted octanol–water partition coefficient (Wildman–Crippen LogP) is 2.36. The number of pyridine rings is 1. The lowest BCUT2D eigenvalue weighted by Crippen LogP contribution is -2.40. The molecular weight excluding hydrogens is 387 g/mol. The lowest BCUT2D eigenvalue weighted by atomic mass is 10.4. The molecule has 0 amide bonds. The normalized spacial score (nSPS) is 16.1. The van der Waals surface area contributed by atoms with Crippen molar-refractivity contribution in [2.45, 2.75) is 11.4 Å². The van der Waals surface area contributed by atoms with Crippen molar-refractivity contribution in [2.24, 2.45) is 7.05 Å². The van der Waals surface area contributed by atoms with Crippen molar-refractivity contribution in [1.29, 1.82) is 0 Å². The number of hydrogen-bond donors (Lipinski definition) is 1. The first-order valence-electron chi connectivity index (χ1n) is 7.67. The molecule has 136 valence electrons. The maximum atomic E-state index is 12.5. The van der Waals surface area contributed by atoms with E-state index in [2.05, 4.69) is 10.3 Å². The van der Waals surface area contributed by atoms with Gasteiger partial charge in [-0.2, -0.15) is 4.31 Å². The van der Waals surface area contributed by atoms with E-state index in [-0.39, 0.29) is 4.90 Å². The Hall–Kier alpha value is -1.32. The Labute approximate surface area is 156 Å². The first-order chi connectivity index (χ1) is 11.9. The molecule has 1 fully saturated rings. The van der Waals surface area contributed by atoms with Gasteiger partial charge in [0.2, 0.25) is 10.0 Å². The van der Waals surface area contributed by atoms with Crippen molar-refractivity contribution in [3.05, 3.63) is 40.3 Å². The van der Waals surface area contributed by atoms with Crippen LogP contribution in [0.2, 0.25) is 10.2 Å². The van der Waals surface area contributed by atoms with Gasteiger partial charge in [-0.1, -0.05) is 23.2 Å². The molecule has 3 heterocycles. The number of ether oxygens (including phenoxy) is 1. The molecule has 25 heavy (non-hydrogen) atoms. The van der Waals surface area contributed by atoms with Crippen LogP contribution in [0.1, 0.15) is 5.69 Å². The Morgan fingerprint density at radius 1 is 1.28 bits per heavy atom. The Bertz CT molecular complexity index is 846. The number of halogens is 2. The number of aromatic nitrogens is 2. The third-order valence-electron chi connectivity index (χ3n) is 4.01. The SMILES string of the molecule is Cn1c(CNc2ccc(S(=O)(=O)N3CCOCC3)cn2)cc(Cl)c1Cl. The highest BCUT2D eigenvalue weighted by Crippen LogP contribution is 2.25. The van der Waals surface area contributed by atoms with Gasteiger partial charge in [0.05, 0.1) is 24.8 Å². The van der Waals surface area contributed by atoms with E-state index in [1.807, 2.05) is 7.05 Å². The summed E-state index contributed by atoms with van der Waals surface area (Å²) in [4.78, 5) is 4.36. The van der Waals surface area contributed by atoms with E-state index in [4.69, 9.17) is 27.9 Å². The number of hydrogen-bond acceptors (Lipinski definition) is 5. The Balaban J connectivity index is 1.68. The van der Waals surface area contributed by atoms with Crippen LogP contribution in [0, 0.1) is 0 Å². The van der Waals surface area contributed by atoms with Gasteiger partial charge in [-0.25, -0.2) is 13.4 Å². The second kappa shape index (κ2) is 7.51. The van der Waals surface area contributed by atoms with Gasteiger partial charge < -0.3 is 14.6 Å². The maximum absolute atomic E-state index is 12.5. The second-order valence-corrected chi connectivity index (χ2v) is 8.29. The molecule has 1 N–H and O–H groups in total. The summed E-state index contributed by atoms with van der Waals surface area (Å²) < 4.78 is 33.5. The van der Waals surface area contributed by atoms with Crippen LogP contribution in [0.4, 0.5) is 5.82 Å². The van der Waals surface area contributed by atoms with Crippen LogP contribution >= 0.6 is 23.2 Å². The van der Waals surface area contributed by atoms with E-state index in [0.717, 1.165) is 5.69 Å². The van der Waals surface area contributed by atoms with Crippen LogP contribution in [0.25, 0.3) is 0 Å². The van der Waals surface area contributed by atoms with Crippen molar-refractivity contribution in [3.8, 4) is 0 Å². The molecule has 2 aromatic heterocycles. The minimum absolute atomic E-state index is 0.171. The molecule has 7 nitrogen and oxygen atoms in total. The lowest BCUT2D eigenvalue weighted by Gasteiger charge is -2.25. The van der Waals surface area contributed by atoms with E-state index in [1.165, 1.54) is 10.5 Å². The zero-order valence-electron chi connectivity index (χ0n) is 13.6. The Morgan fingerprint density at radius 3 is 2.56 bits per heavy atom. The summed E-state index contributed by atoms with van der Waals surface area (Å²) in [5, 5.41) is 4.08. The van der Waals surface area contributed by atoms with Crippen LogP contribution in [-0.2, 0) is 28.4 Å². The summed E-state index contributed by atoms with van der Waals surface area (Å²) in [6.07, 6.45) is 1.36. The molecule has 1 aliphatic heterocycles. The predicted molar refractivity (Wildman–Crippen MR) is 96.6 cm³/mol. The molecule has 0 atom stereocenters. The molecule has 1 aliphatic rings. The van der Waals surface area contributed by atoms with Gasteiger partial charge in [0.25, 0.3) is 0 Å². The molecule has 0 unspecified atom stereocenters. The average molecular weight is 405 g/mol. The Kier molecular flexibility index (Phi) is 5.55. The number of rotatable bonds is 5. The zero-order valence-corrected chi connectivity index (χ0v) is 15.9. The maximum Gasteiger partial charge on any atom is 0.244 e. The molecular formula is C15H18Cl2N4O3S. The van der Waals surface area contributed by atoms with Gasteiger partial charge in [-0.15, -0.1) is 0 Å². The summed E-state index contributed by atoms with van der Waals surface area (Å²) in [7, 11) is -1.71. The van der Waals surface area contributed by atoms with E-state index in [9.17, 15) is 8.42 Å². The largest absolute Gasteiger partial charge is 0.379 e. The van der Waals surface area contributed by atoms with Gasteiger partial charge in [-0.05, 0) is 18.2 Å². The standard InChI is InChI=1S/C15H18Cl2N4O3S/c1-20-11(8-13(16)15(20)17)9-18-14-3-2-12(10-19-14)25(22,23)21-4-6-24-7-5-21/h2-3,8,10H,4-7,9H2,1H3,(H,18,19). The van der Waals surface area contributed by atoms with Crippen molar-refractivity contribution in [1.82, 2.24) is 13.9 Å². The topological polar surface area (TPSA) is 76.5 Å². The van der Waals surface area contributed by atoms with E-state index >= 15 is 0 Å². The van der Waals surface area contributed by atoms with Gasteiger partial charge in [-0.3, -0.25) is 0 Å². The van der Waals surface area contributed by atoms with Crippen molar-refractivity contribution >= 4 is 39.0 Å². The molecule has 0 saturated carbocycles. The molecule has 10 heteroatoms. The van der Waals surface area contributed by atoms with E-state index < -0.39 is 10.0 Å². The summed E-state index contributed by atoms with van der Waals surface area (Å²) >= 11 is 12.0. The molecule has 2 aromatic rings. The van der Waals surface area contributed by atoms with Crippen LogP contribution in [0.5, 0.6) is 0 Å². The number of sulfonamides is 1. The highest BCUT2D eigenvalue weighted by Gasteiger charge is 2.26. The zero-order chi connectivity index (χ0) is 18.0. The van der Waals surface area contributed by atoms with E-state index in [0.29, 0.717) is 48.8 Å². The fourth-order valence-electron chi connectivity index (χ4n) is 2.51. The van der Waals surface area contributed by atoms with Gasteiger partial charge in [0, 0.05) is 32.0 Å². The Morgan fingerprint density at radius 2 is 2.00 bits per heavy atom. The molecule has 1 saturated heterocycles. The fraction of sp³-hybridized carbons (Fsp3) is 0.400. The monoisotopic (exact) mass is 404 g/mol. The van der Waals surface area contributed by atoms with E-state index in [1.54, 1.807) is 22.8 Å². The molecule has 0 aromatic carbocycles. The van der Waals surface area contributed by atoms with Crippen molar-refractivity contribution in [2.75, 3.05) is 31.6 Å². The average Bonchev–Trinajstić information content (AvgIpc) is 2.88. The van der Waals surface area contributed by atoms with Crippen LogP contribution in [-0.4, -0.2) is 48.6 Å². The van der Waals surface area contributed by atoms with Gasteiger partial charge in [0.1, 0.15) is 15.9 Å². The summed E-state index contributed by atoms with van der Waals surface area (Å²) in [5.74, 6) is 0.564. The number of nitrogens with zero attached hydrogens (tertiary/aromatic N) is 3. The molecule has 0 radical (unpaired) electrons. The van der Waals surface area contributed by atoms with Crippen molar-refractivity contribution < 1.29 is 13.2 Å². The van der Waals surface area contributed by atoms with Crippen molar-refractivity contribution in [3.63, 3.8) is 0 Å². The first kappa shape index (κ1) is 18.5. The minimum Gasteiger partial charge on any atom is -0.379 e. The quantitative estimate of drug-likeness (QED) is 0.827. The smallest absolute Gasteiger partial charge is 0.244 e. The summed E-state index contributed by atoms with van der Waals surface area (Å²) in [5.41, 5.74) is 0.891. The summed E-state index contributed by atoms with van der Waals surface area (Å²) in [6, 6.07) is 4.96. The van der Waals surface area contributed by atoms with Crippen LogP contribution < -0.4 is 5.32 Å². The van der Waals surface area contributed by atoms with Gasteiger partial charge >= 0.3 is 0 Å². The molecule has 0 bridgehead atoms. The van der Waals surface area contributed by atoms with Gasteiger partial charge in [0.15, 0.2) is 0 Å². The second-order valence-electron chi connectivity index (χ2n) is 5.58. The number of nitrogens with one attached hydrogen (secondary N) is 1. The van der Waals surface area contributed by atoms with Crippen LogP contribution in [0.3, 0.4) is 0 Å². The third-order valence-corrected chi connectivity index (χ3v) is 6.73. The minimum atomic E-state index is -3.53. The molecule has 3 rings (SSSR count). The number of morpholine rings is 1. The highest BCUT2D eigenvalue weighted by atomic mass is 35.5. The number of anilines is 1.